The van der Waals surface area contributed by atoms with Gasteiger partial charge >= 0.3 is 0 Å². The molecule has 3 heteroatoms. The van der Waals surface area contributed by atoms with Crippen molar-refractivity contribution in [1.29, 1.82) is 0 Å². The van der Waals surface area contributed by atoms with Crippen molar-refractivity contribution < 1.29 is 4.42 Å². The van der Waals surface area contributed by atoms with Gasteiger partial charge in [0, 0.05) is 19.2 Å². The molecule has 0 aromatic carbocycles. The van der Waals surface area contributed by atoms with Crippen LogP contribution in [0.1, 0.15) is 12.8 Å². The number of nitrogens with one attached hydrogen (secondary N) is 1. The van der Waals surface area contributed by atoms with Crippen LogP contribution in [-0.2, 0) is 0 Å². The zero-order chi connectivity index (χ0) is 7.52. The molecule has 2 heterocycles. The normalized spacial score (nSPS) is 18.9. The standard InChI is InChI=1S/C8H12N2O/c1-2-6-10(5-1)9-8-4-3-7-11-8/h3-4,7,9H,1-2,5-6H2. The molecule has 0 aliphatic carbocycles. The van der Waals surface area contributed by atoms with E-state index in [1.54, 1.807) is 6.26 Å². The molecule has 0 saturated carbocycles. The highest BCUT2D eigenvalue weighted by atomic mass is 16.3. The van der Waals surface area contributed by atoms with Gasteiger partial charge in [-0.1, -0.05) is 0 Å². The summed E-state index contributed by atoms with van der Waals surface area (Å²) in [5, 5.41) is 2.18. The molecule has 0 atom stereocenters. The van der Waals surface area contributed by atoms with Crippen LogP contribution in [0.25, 0.3) is 0 Å². The number of anilines is 1. The summed E-state index contributed by atoms with van der Waals surface area (Å²) in [5.74, 6) is 0.840. The van der Waals surface area contributed by atoms with Gasteiger partial charge in [-0.05, 0) is 18.9 Å². The molecule has 1 aliphatic rings. The number of hydrogen-bond donors (Lipinski definition) is 1. The lowest BCUT2D eigenvalue weighted by Gasteiger charge is -2.14. The predicted molar refractivity (Wildman–Crippen MR) is 43.1 cm³/mol. The van der Waals surface area contributed by atoms with E-state index < -0.39 is 0 Å². The van der Waals surface area contributed by atoms with Gasteiger partial charge in [0.25, 0.3) is 0 Å². The maximum absolute atomic E-state index is 5.14. The highest BCUT2D eigenvalue weighted by molar-refractivity contribution is 5.28. The van der Waals surface area contributed by atoms with Crippen LogP contribution in [0.15, 0.2) is 22.8 Å². The maximum Gasteiger partial charge on any atom is 0.206 e. The summed E-state index contributed by atoms with van der Waals surface area (Å²) in [6.07, 6.45) is 4.25. The summed E-state index contributed by atoms with van der Waals surface area (Å²) < 4.78 is 5.14. The van der Waals surface area contributed by atoms with Crippen LogP contribution in [0.2, 0.25) is 0 Å². The molecule has 1 saturated heterocycles. The van der Waals surface area contributed by atoms with Crippen molar-refractivity contribution in [3.05, 3.63) is 18.4 Å². The summed E-state index contributed by atoms with van der Waals surface area (Å²) >= 11 is 0. The van der Waals surface area contributed by atoms with E-state index in [0.29, 0.717) is 0 Å². The van der Waals surface area contributed by atoms with Gasteiger partial charge in [0.1, 0.15) is 0 Å². The minimum Gasteiger partial charge on any atom is -0.448 e. The molecule has 0 unspecified atom stereocenters. The van der Waals surface area contributed by atoms with Crippen molar-refractivity contribution in [2.24, 2.45) is 0 Å². The summed E-state index contributed by atoms with van der Waals surface area (Å²) in [4.78, 5) is 0. The van der Waals surface area contributed by atoms with E-state index in [2.05, 4.69) is 10.4 Å². The van der Waals surface area contributed by atoms with Gasteiger partial charge in [-0.3, -0.25) is 5.43 Å². The van der Waals surface area contributed by atoms with Gasteiger partial charge in [-0.2, -0.15) is 0 Å². The zero-order valence-electron chi connectivity index (χ0n) is 6.42. The molecule has 0 amide bonds. The van der Waals surface area contributed by atoms with Crippen molar-refractivity contribution >= 4 is 5.88 Å². The van der Waals surface area contributed by atoms with Gasteiger partial charge in [-0.15, -0.1) is 0 Å². The molecule has 2 rings (SSSR count). The van der Waals surface area contributed by atoms with Crippen LogP contribution >= 0.6 is 0 Å². The van der Waals surface area contributed by atoms with Gasteiger partial charge in [0.05, 0.1) is 6.26 Å². The molecule has 0 radical (unpaired) electrons. The first-order chi connectivity index (χ1) is 5.45. The van der Waals surface area contributed by atoms with E-state index in [4.69, 9.17) is 4.42 Å². The molecular formula is C8H12N2O. The Kier molecular flexibility index (Phi) is 1.81. The Morgan fingerprint density at radius 3 is 2.82 bits per heavy atom. The molecule has 1 fully saturated rings. The van der Waals surface area contributed by atoms with Crippen LogP contribution in [0.4, 0.5) is 5.88 Å². The quantitative estimate of drug-likeness (QED) is 0.699. The smallest absolute Gasteiger partial charge is 0.206 e. The topological polar surface area (TPSA) is 28.4 Å². The average molecular weight is 152 g/mol. The third kappa shape index (κ3) is 1.54. The van der Waals surface area contributed by atoms with E-state index in [-0.39, 0.29) is 0 Å². The zero-order valence-corrected chi connectivity index (χ0v) is 6.42. The number of nitrogens with zero attached hydrogens (tertiary/aromatic N) is 1. The van der Waals surface area contributed by atoms with Crippen molar-refractivity contribution in [2.75, 3.05) is 18.5 Å². The number of rotatable bonds is 2. The Labute approximate surface area is 66.0 Å². The van der Waals surface area contributed by atoms with Crippen LogP contribution in [0.3, 0.4) is 0 Å². The fourth-order valence-electron chi connectivity index (χ4n) is 1.33. The number of furan rings is 1. The van der Waals surface area contributed by atoms with Crippen LogP contribution in [0, 0.1) is 0 Å². The average Bonchev–Trinajstić information content (AvgIpc) is 2.60. The molecular weight excluding hydrogens is 140 g/mol. The molecule has 1 aromatic rings. The Balaban J connectivity index is 1.90. The third-order valence-corrected chi connectivity index (χ3v) is 1.90. The van der Waals surface area contributed by atoms with E-state index >= 15 is 0 Å². The molecule has 60 valence electrons. The first-order valence-electron chi connectivity index (χ1n) is 4.00. The molecule has 3 nitrogen and oxygen atoms in total. The SMILES string of the molecule is c1coc(NN2CCCC2)c1. The summed E-state index contributed by atoms with van der Waals surface area (Å²) in [6, 6.07) is 3.82. The summed E-state index contributed by atoms with van der Waals surface area (Å²) in [5.41, 5.74) is 3.19. The fraction of sp³-hybridized carbons (Fsp3) is 0.500. The van der Waals surface area contributed by atoms with Crippen molar-refractivity contribution in [3.8, 4) is 0 Å². The lowest BCUT2D eigenvalue weighted by atomic mass is 10.4. The van der Waals surface area contributed by atoms with Crippen molar-refractivity contribution in [2.45, 2.75) is 12.8 Å². The van der Waals surface area contributed by atoms with E-state index in [9.17, 15) is 0 Å². The minimum atomic E-state index is 0.840. The Morgan fingerprint density at radius 2 is 2.18 bits per heavy atom. The van der Waals surface area contributed by atoms with Crippen molar-refractivity contribution in [3.63, 3.8) is 0 Å². The second-order valence-electron chi connectivity index (χ2n) is 2.78. The first-order valence-corrected chi connectivity index (χ1v) is 4.00. The lowest BCUT2D eigenvalue weighted by Crippen LogP contribution is -2.25. The fourth-order valence-corrected chi connectivity index (χ4v) is 1.33. The molecule has 1 N–H and O–H groups in total. The van der Waals surface area contributed by atoms with E-state index in [1.165, 1.54) is 12.8 Å². The highest BCUT2D eigenvalue weighted by Crippen LogP contribution is 2.12. The summed E-state index contributed by atoms with van der Waals surface area (Å²) in [6.45, 7) is 2.25. The molecule has 1 aromatic heterocycles. The highest BCUT2D eigenvalue weighted by Gasteiger charge is 2.11. The maximum atomic E-state index is 5.14. The van der Waals surface area contributed by atoms with Crippen LogP contribution < -0.4 is 5.43 Å². The van der Waals surface area contributed by atoms with Gasteiger partial charge in [0.2, 0.25) is 5.88 Å². The largest absolute Gasteiger partial charge is 0.448 e. The Hall–Kier alpha value is -0.960. The third-order valence-electron chi connectivity index (χ3n) is 1.90. The number of hydrazine groups is 1. The van der Waals surface area contributed by atoms with Gasteiger partial charge in [-0.25, -0.2) is 5.01 Å². The minimum absolute atomic E-state index is 0.840. The van der Waals surface area contributed by atoms with Crippen molar-refractivity contribution in [1.82, 2.24) is 5.01 Å². The Morgan fingerprint density at radius 1 is 1.36 bits per heavy atom. The Bertz CT molecular complexity index is 202. The van der Waals surface area contributed by atoms with Gasteiger partial charge in [0.15, 0.2) is 0 Å². The van der Waals surface area contributed by atoms with Crippen LogP contribution in [-0.4, -0.2) is 18.1 Å². The van der Waals surface area contributed by atoms with Crippen LogP contribution in [0.5, 0.6) is 0 Å². The van der Waals surface area contributed by atoms with E-state index in [1.807, 2.05) is 12.1 Å². The predicted octanol–water partition coefficient (Wildman–Crippen LogP) is 1.70. The van der Waals surface area contributed by atoms with Gasteiger partial charge < -0.3 is 4.42 Å². The molecule has 0 bridgehead atoms. The molecule has 11 heavy (non-hydrogen) atoms. The summed E-state index contributed by atoms with van der Waals surface area (Å²) in [7, 11) is 0. The number of hydrogen-bond acceptors (Lipinski definition) is 3. The monoisotopic (exact) mass is 152 g/mol. The second kappa shape index (κ2) is 2.96. The lowest BCUT2D eigenvalue weighted by molar-refractivity contribution is 0.389. The first kappa shape index (κ1) is 6.73. The molecule has 1 aliphatic heterocycles. The second-order valence-corrected chi connectivity index (χ2v) is 2.78. The molecule has 0 spiro atoms. The van der Waals surface area contributed by atoms with E-state index in [0.717, 1.165) is 19.0 Å².